The largest absolute Gasteiger partial charge is 0.494 e. The standard InChI is InChI=1S/C23H18N4O4/c24-18-3-1-2-4-20(18)27-21(28)13-5-8-15(9-6-13)25-12-17-16-11-14(23(30)31)7-10-19(16)26-22(17)29/h1-12,26,29H,24H2,(H,27,28)(H,30,31). The second kappa shape index (κ2) is 8.03. The van der Waals surface area contributed by atoms with E-state index in [-0.39, 0.29) is 17.4 Å². The highest BCUT2D eigenvalue weighted by atomic mass is 16.4. The van der Waals surface area contributed by atoms with Gasteiger partial charge in [-0.1, -0.05) is 12.1 Å². The summed E-state index contributed by atoms with van der Waals surface area (Å²) in [7, 11) is 0. The topological polar surface area (TPSA) is 141 Å². The maximum absolute atomic E-state index is 12.4. The number of nitrogens with zero attached hydrogens (tertiary/aromatic N) is 1. The molecule has 8 heteroatoms. The number of hydrogen-bond donors (Lipinski definition) is 5. The predicted molar refractivity (Wildman–Crippen MR) is 119 cm³/mol. The number of nitrogens with one attached hydrogen (secondary N) is 2. The van der Waals surface area contributed by atoms with Crippen LogP contribution in [0.3, 0.4) is 0 Å². The molecule has 0 spiro atoms. The van der Waals surface area contributed by atoms with Crippen LogP contribution in [-0.2, 0) is 0 Å². The molecule has 1 aromatic heterocycles. The quantitative estimate of drug-likeness (QED) is 0.246. The van der Waals surface area contributed by atoms with Crippen molar-refractivity contribution in [2.75, 3.05) is 11.1 Å². The smallest absolute Gasteiger partial charge is 0.335 e. The Hall–Kier alpha value is -4.59. The van der Waals surface area contributed by atoms with E-state index in [0.29, 0.717) is 39.1 Å². The normalized spacial score (nSPS) is 11.1. The minimum absolute atomic E-state index is 0.107. The number of nitrogens with two attached hydrogens (primary N) is 1. The molecule has 0 aliphatic heterocycles. The van der Waals surface area contributed by atoms with Gasteiger partial charge in [-0.3, -0.25) is 9.79 Å². The van der Waals surface area contributed by atoms with Gasteiger partial charge in [-0.05, 0) is 54.6 Å². The first-order chi connectivity index (χ1) is 14.9. The molecule has 0 aliphatic rings. The van der Waals surface area contributed by atoms with Crippen LogP contribution in [0.1, 0.15) is 26.3 Å². The number of carboxylic acids is 1. The number of aromatic hydroxyl groups is 1. The molecule has 0 unspecified atom stereocenters. The molecule has 1 heterocycles. The van der Waals surface area contributed by atoms with Gasteiger partial charge in [-0.2, -0.15) is 0 Å². The Labute approximate surface area is 176 Å². The van der Waals surface area contributed by atoms with Crippen molar-refractivity contribution >= 4 is 46.1 Å². The monoisotopic (exact) mass is 414 g/mol. The van der Waals surface area contributed by atoms with Crippen molar-refractivity contribution in [3.05, 3.63) is 83.4 Å². The minimum Gasteiger partial charge on any atom is -0.494 e. The van der Waals surface area contributed by atoms with Gasteiger partial charge in [-0.25, -0.2) is 4.79 Å². The van der Waals surface area contributed by atoms with Gasteiger partial charge < -0.3 is 26.2 Å². The fourth-order valence-electron chi connectivity index (χ4n) is 3.11. The van der Waals surface area contributed by atoms with Gasteiger partial charge in [0.25, 0.3) is 5.91 Å². The summed E-state index contributed by atoms with van der Waals surface area (Å²) in [6.07, 6.45) is 1.44. The third-order valence-electron chi connectivity index (χ3n) is 4.75. The molecular weight excluding hydrogens is 396 g/mol. The second-order valence-electron chi connectivity index (χ2n) is 6.80. The van der Waals surface area contributed by atoms with E-state index in [1.54, 1.807) is 54.6 Å². The molecule has 4 rings (SSSR count). The first-order valence-electron chi connectivity index (χ1n) is 9.30. The van der Waals surface area contributed by atoms with Crippen LogP contribution >= 0.6 is 0 Å². The zero-order chi connectivity index (χ0) is 22.0. The Morgan fingerprint density at radius 2 is 1.71 bits per heavy atom. The molecule has 1 amide bonds. The SMILES string of the molecule is Nc1ccccc1NC(=O)c1ccc(N=Cc2c(O)[nH]c3ccc(C(=O)O)cc23)cc1. The van der Waals surface area contributed by atoms with Gasteiger partial charge in [-0.15, -0.1) is 0 Å². The molecule has 31 heavy (non-hydrogen) atoms. The Bertz CT molecular complexity index is 1320. The highest BCUT2D eigenvalue weighted by Gasteiger charge is 2.12. The number of carbonyl (C=O) groups excluding carboxylic acids is 1. The Kier molecular flexibility index (Phi) is 5.11. The zero-order valence-electron chi connectivity index (χ0n) is 16.2. The lowest BCUT2D eigenvalue weighted by Crippen LogP contribution is -2.12. The van der Waals surface area contributed by atoms with Crippen LogP contribution in [0.4, 0.5) is 17.1 Å². The number of aliphatic imine (C=N–C) groups is 1. The maximum Gasteiger partial charge on any atom is 0.335 e. The number of carboxylic acid groups (broad SMARTS) is 1. The van der Waals surface area contributed by atoms with E-state index in [1.807, 2.05) is 0 Å². The van der Waals surface area contributed by atoms with E-state index >= 15 is 0 Å². The van der Waals surface area contributed by atoms with Crippen LogP contribution in [0.5, 0.6) is 5.88 Å². The first kappa shape index (κ1) is 19.7. The van der Waals surface area contributed by atoms with Gasteiger partial charge in [0.05, 0.1) is 28.2 Å². The number of H-pyrrole nitrogens is 1. The summed E-state index contributed by atoms with van der Waals surface area (Å²) in [5.74, 6) is -1.47. The summed E-state index contributed by atoms with van der Waals surface area (Å²) in [4.78, 5) is 30.7. The number of fused-ring (bicyclic) bond motifs is 1. The fourth-order valence-corrected chi connectivity index (χ4v) is 3.11. The van der Waals surface area contributed by atoms with E-state index in [9.17, 15) is 19.8 Å². The van der Waals surface area contributed by atoms with E-state index in [4.69, 9.17) is 5.73 Å². The molecule has 0 atom stereocenters. The lowest BCUT2D eigenvalue weighted by atomic mass is 10.1. The number of hydrogen-bond acceptors (Lipinski definition) is 5. The number of anilines is 2. The van der Waals surface area contributed by atoms with Gasteiger partial charge in [0.15, 0.2) is 5.88 Å². The highest BCUT2D eigenvalue weighted by Crippen LogP contribution is 2.27. The number of benzene rings is 3. The number of aromatic carboxylic acids is 1. The van der Waals surface area contributed by atoms with Crippen LogP contribution in [0.15, 0.2) is 71.7 Å². The van der Waals surface area contributed by atoms with E-state index in [2.05, 4.69) is 15.3 Å². The van der Waals surface area contributed by atoms with Crippen molar-refractivity contribution in [2.45, 2.75) is 0 Å². The van der Waals surface area contributed by atoms with Crippen molar-refractivity contribution in [3.63, 3.8) is 0 Å². The molecule has 0 saturated heterocycles. The molecule has 8 nitrogen and oxygen atoms in total. The number of nitrogen functional groups attached to an aromatic ring is 1. The summed E-state index contributed by atoms with van der Waals surface area (Å²) in [5, 5.41) is 22.6. The average molecular weight is 414 g/mol. The van der Waals surface area contributed by atoms with Gasteiger partial charge in [0, 0.05) is 22.7 Å². The van der Waals surface area contributed by atoms with Gasteiger partial charge >= 0.3 is 5.97 Å². The number of carbonyl (C=O) groups is 2. The van der Waals surface area contributed by atoms with Crippen LogP contribution in [0, 0.1) is 0 Å². The zero-order valence-corrected chi connectivity index (χ0v) is 16.2. The third kappa shape index (κ3) is 4.08. The Morgan fingerprint density at radius 3 is 2.42 bits per heavy atom. The van der Waals surface area contributed by atoms with E-state index < -0.39 is 5.97 Å². The Morgan fingerprint density at radius 1 is 1.00 bits per heavy atom. The summed E-state index contributed by atoms with van der Waals surface area (Å²) in [6, 6.07) is 18.1. The van der Waals surface area contributed by atoms with Crippen molar-refractivity contribution in [1.29, 1.82) is 0 Å². The minimum atomic E-state index is -1.06. The number of para-hydroxylation sites is 2. The molecule has 154 valence electrons. The molecular formula is C23H18N4O4. The molecule has 0 saturated carbocycles. The van der Waals surface area contributed by atoms with Crippen LogP contribution in [-0.4, -0.2) is 33.3 Å². The van der Waals surface area contributed by atoms with Crippen LogP contribution < -0.4 is 11.1 Å². The van der Waals surface area contributed by atoms with Crippen molar-refractivity contribution < 1.29 is 19.8 Å². The lowest BCUT2D eigenvalue weighted by Gasteiger charge is -2.07. The molecule has 6 N–H and O–H groups in total. The molecule has 4 aromatic rings. The lowest BCUT2D eigenvalue weighted by molar-refractivity contribution is 0.0697. The number of amides is 1. The molecule has 0 aliphatic carbocycles. The van der Waals surface area contributed by atoms with Crippen LogP contribution in [0.25, 0.3) is 10.9 Å². The van der Waals surface area contributed by atoms with Crippen molar-refractivity contribution in [3.8, 4) is 5.88 Å². The number of rotatable bonds is 5. The van der Waals surface area contributed by atoms with E-state index in [1.165, 1.54) is 18.3 Å². The van der Waals surface area contributed by atoms with Gasteiger partial charge in [0.2, 0.25) is 0 Å². The van der Waals surface area contributed by atoms with Crippen molar-refractivity contribution in [2.24, 2.45) is 4.99 Å². The van der Waals surface area contributed by atoms with Gasteiger partial charge in [0.1, 0.15) is 0 Å². The third-order valence-corrected chi connectivity index (χ3v) is 4.75. The molecule has 0 radical (unpaired) electrons. The summed E-state index contributed by atoms with van der Waals surface area (Å²) >= 11 is 0. The Balaban J connectivity index is 1.55. The average Bonchev–Trinajstić information content (AvgIpc) is 3.08. The summed E-state index contributed by atoms with van der Waals surface area (Å²) in [6.45, 7) is 0. The van der Waals surface area contributed by atoms with Crippen molar-refractivity contribution in [1.82, 2.24) is 4.98 Å². The number of aromatic nitrogens is 1. The summed E-state index contributed by atoms with van der Waals surface area (Å²) in [5.41, 5.74) is 8.91. The summed E-state index contributed by atoms with van der Waals surface area (Å²) < 4.78 is 0. The highest BCUT2D eigenvalue weighted by molar-refractivity contribution is 6.06. The predicted octanol–water partition coefficient (Wildman–Crippen LogP) is 4.16. The molecule has 0 fully saturated rings. The first-order valence-corrected chi connectivity index (χ1v) is 9.30. The second-order valence-corrected chi connectivity index (χ2v) is 6.80. The number of aromatic amines is 1. The van der Waals surface area contributed by atoms with E-state index in [0.717, 1.165) is 0 Å². The maximum atomic E-state index is 12.4. The molecule has 0 bridgehead atoms. The fraction of sp³-hybridized carbons (Fsp3) is 0. The molecule has 3 aromatic carbocycles. The van der Waals surface area contributed by atoms with Crippen LogP contribution in [0.2, 0.25) is 0 Å².